The van der Waals surface area contributed by atoms with Gasteiger partial charge in [-0.25, -0.2) is 0 Å². The van der Waals surface area contributed by atoms with E-state index in [2.05, 4.69) is 10.2 Å². The fourth-order valence-corrected chi connectivity index (χ4v) is 2.82. The molecule has 136 valence electrons. The van der Waals surface area contributed by atoms with Crippen LogP contribution in [0.5, 0.6) is 5.88 Å². The minimum atomic E-state index is -4.52. The Bertz CT molecular complexity index is 945. The summed E-state index contributed by atoms with van der Waals surface area (Å²) >= 11 is 0. The first kappa shape index (κ1) is 18.0. The number of hydrogen-bond acceptors (Lipinski definition) is 3. The van der Waals surface area contributed by atoms with Crippen LogP contribution in [-0.2, 0) is 12.7 Å². The van der Waals surface area contributed by atoms with Crippen molar-refractivity contribution in [2.75, 3.05) is 0 Å². The van der Waals surface area contributed by atoms with Crippen LogP contribution in [0.3, 0.4) is 0 Å². The molecule has 0 amide bonds. The molecule has 26 heavy (non-hydrogen) atoms. The molecule has 0 aliphatic heterocycles. The van der Waals surface area contributed by atoms with E-state index < -0.39 is 11.7 Å². The lowest BCUT2D eigenvalue weighted by Crippen LogP contribution is -2.04. The molecule has 0 saturated heterocycles. The zero-order chi connectivity index (χ0) is 18.7. The summed E-state index contributed by atoms with van der Waals surface area (Å²) in [5.74, 6) is -0.0899. The third-order valence-electron chi connectivity index (χ3n) is 4.12. The second kappa shape index (κ2) is 7.19. The van der Waals surface area contributed by atoms with Crippen molar-refractivity contribution in [3.8, 4) is 5.88 Å². The summed E-state index contributed by atoms with van der Waals surface area (Å²) in [4.78, 5) is 0. The fourth-order valence-electron chi connectivity index (χ4n) is 2.82. The Balaban J connectivity index is 2.08. The number of alkyl halides is 3. The summed E-state index contributed by atoms with van der Waals surface area (Å²) < 4.78 is 41.0. The van der Waals surface area contributed by atoms with Gasteiger partial charge in [-0.2, -0.15) is 13.2 Å². The average Bonchev–Trinajstić information content (AvgIpc) is 2.89. The van der Waals surface area contributed by atoms with Crippen LogP contribution in [0.4, 0.5) is 24.5 Å². The molecule has 0 aliphatic carbocycles. The van der Waals surface area contributed by atoms with Crippen molar-refractivity contribution in [3.05, 3.63) is 54.1 Å². The summed E-state index contributed by atoms with van der Waals surface area (Å²) in [6.45, 7) is 2.63. The predicted octanol–water partition coefficient (Wildman–Crippen LogP) is 6.58. The molecular formula is C19H18F3N3O. The average molecular weight is 361 g/mol. The number of nitrogens with zero attached hydrogens (tertiary/aromatic N) is 3. The number of fused-ring (bicyclic) bond motifs is 1. The molecule has 0 atom stereocenters. The van der Waals surface area contributed by atoms with Gasteiger partial charge in [0.15, 0.2) is 5.69 Å². The molecule has 0 radical (unpaired) electrons. The topological polar surface area (TPSA) is 49.9 Å². The molecule has 0 fully saturated rings. The molecule has 0 unspecified atom stereocenters. The zero-order valence-corrected chi connectivity index (χ0v) is 14.2. The first-order valence-electron chi connectivity index (χ1n) is 8.31. The molecule has 4 nitrogen and oxygen atoms in total. The minimum absolute atomic E-state index is 0.0899. The second-order valence-electron chi connectivity index (χ2n) is 5.91. The van der Waals surface area contributed by atoms with Gasteiger partial charge in [-0.3, -0.25) is 0 Å². The Labute approximate surface area is 148 Å². The summed E-state index contributed by atoms with van der Waals surface area (Å²) in [5.41, 5.74) is -0.201. The van der Waals surface area contributed by atoms with Crippen LogP contribution in [0.25, 0.3) is 10.9 Å². The Morgan fingerprint density at radius 2 is 1.69 bits per heavy atom. The molecule has 0 aliphatic rings. The minimum Gasteiger partial charge on any atom is -0.493 e. The van der Waals surface area contributed by atoms with Crippen molar-refractivity contribution < 1.29 is 18.3 Å². The first-order chi connectivity index (χ1) is 12.4. The molecule has 0 spiro atoms. The molecule has 1 aromatic heterocycles. The number of unbranched alkanes of at least 4 members (excludes halogenated alkanes) is 1. The number of aromatic hydroxyl groups is 1. The van der Waals surface area contributed by atoms with Gasteiger partial charge in [-0.15, -0.1) is 10.2 Å². The van der Waals surface area contributed by atoms with Gasteiger partial charge in [0.1, 0.15) is 0 Å². The molecule has 2 aromatic carbocycles. The van der Waals surface area contributed by atoms with Gasteiger partial charge in [0, 0.05) is 11.9 Å². The van der Waals surface area contributed by atoms with E-state index in [4.69, 9.17) is 0 Å². The van der Waals surface area contributed by atoms with Crippen LogP contribution < -0.4 is 0 Å². The Hall–Kier alpha value is -2.83. The van der Waals surface area contributed by atoms with Crippen LogP contribution >= 0.6 is 0 Å². The van der Waals surface area contributed by atoms with E-state index >= 15 is 0 Å². The lowest BCUT2D eigenvalue weighted by molar-refractivity contribution is -0.137. The maximum absolute atomic E-state index is 13.1. The quantitative estimate of drug-likeness (QED) is 0.513. The van der Waals surface area contributed by atoms with Gasteiger partial charge in [0.05, 0.1) is 16.8 Å². The van der Waals surface area contributed by atoms with Gasteiger partial charge in [-0.05, 0) is 24.6 Å². The SMILES string of the molecule is CCCCn1c(O)c(N=Nc2ccccc2C(F)(F)F)c2ccccc21. The standard InChI is InChI=1S/C19H18F3N3O/c1-2-3-12-25-16-11-7-4-8-13(16)17(18(25)26)24-23-15-10-6-5-9-14(15)19(20,21)22/h4-11,26H,2-3,12H2,1H3. The lowest BCUT2D eigenvalue weighted by Gasteiger charge is -2.08. The lowest BCUT2D eigenvalue weighted by atomic mass is 10.2. The van der Waals surface area contributed by atoms with Crippen LogP contribution in [0, 0.1) is 0 Å². The summed E-state index contributed by atoms with van der Waals surface area (Å²) in [5, 5.41) is 18.9. The first-order valence-corrected chi connectivity index (χ1v) is 8.31. The third-order valence-corrected chi connectivity index (χ3v) is 4.12. The maximum atomic E-state index is 13.1. The number of hydrogen-bond donors (Lipinski definition) is 1. The molecular weight excluding hydrogens is 343 g/mol. The van der Waals surface area contributed by atoms with Gasteiger partial charge in [0.2, 0.25) is 5.88 Å². The van der Waals surface area contributed by atoms with E-state index in [0.717, 1.165) is 24.4 Å². The van der Waals surface area contributed by atoms with E-state index in [9.17, 15) is 18.3 Å². The van der Waals surface area contributed by atoms with E-state index in [1.807, 2.05) is 19.1 Å². The summed E-state index contributed by atoms with van der Waals surface area (Å²) in [7, 11) is 0. The molecule has 3 aromatic rings. The summed E-state index contributed by atoms with van der Waals surface area (Å²) in [6, 6.07) is 12.2. The third kappa shape index (κ3) is 3.42. The second-order valence-corrected chi connectivity index (χ2v) is 5.91. The van der Waals surface area contributed by atoms with Gasteiger partial charge in [-0.1, -0.05) is 43.7 Å². The van der Waals surface area contributed by atoms with Crippen molar-refractivity contribution in [2.45, 2.75) is 32.5 Å². The van der Waals surface area contributed by atoms with Gasteiger partial charge >= 0.3 is 6.18 Å². The zero-order valence-electron chi connectivity index (χ0n) is 14.2. The van der Waals surface area contributed by atoms with Crippen molar-refractivity contribution in [2.24, 2.45) is 10.2 Å². The highest BCUT2D eigenvalue weighted by atomic mass is 19.4. The molecule has 1 N–H and O–H groups in total. The van der Waals surface area contributed by atoms with E-state index in [1.54, 1.807) is 16.7 Å². The Morgan fingerprint density at radius 3 is 2.42 bits per heavy atom. The number of halogens is 3. The molecule has 7 heteroatoms. The monoisotopic (exact) mass is 361 g/mol. The van der Waals surface area contributed by atoms with Crippen LogP contribution in [-0.4, -0.2) is 9.67 Å². The fraction of sp³-hybridized carbons (Fsp3) is 0.263. The van der Waals surface area contributed by atoms with Crippen molar-refractivity contribution in [3.63, 3.8) is 0 Å². The smallest absolute Gasteiger partial charge is 0.418 e. The summed E-state index contributed by atoms with van der Waals surface area (Å²) in [6.07, 6.45) is -2.71. The van der Waals surface area contributed by atoms with Crippen LogP contribution in [0.1, 0.15) is 25.3 Å². The van der Waals surface area contributed by atoms with Crippen LogP contribution in [0.15, 0.2) is 58.8 Å². The molecule has 3 rings (SSSR count). The number of benzene rings is 2. The number of azo groups is 1. The highest BCUT2D eigenvalue weighted by molar-refractivity contribution is 5.95. The van der Waals surface area contributed by atoms with Gasteiger partial charge < -0.3 is 9.67 Å². The van der Waals surface area contributed by atoms with E-state index in [0.29, 0.717) is 11.9 Å². The Kier molecular flexibility index (Phi) is 4.97. The largest absolute Gasteiger partial charge is 0.493 e. The van der Waals surface area contributed by atoms with Crippen molar-refractivity contribution >= 4 is 22.3 Å². The van der Waals surface area contributed by atoms with Crippen molar-refractivity contribution in [1.29, 1.82) is 0 Å². The molecule has 0 saturated carbocycles. The highest BCUT2D eigenvalue weighted by Gasteiger charge is 2.33. The van der Waals surface area contributed by atoms with Crippen molar-refractivity contribution in [1.82, 2.24) is 4.57 Å². The van der Waals surface area contributed by atoms with E-state index in [1.165, 1.54) is 18.2 Å². The number of aryl methyl sites for hydroxylation is 1. The van der Waals surface area contributed by atoms with Gasteiger partial charge in [0.25, 0.3) is 0 Å². The highest BCUT2D eigenvalue weighted by Crippen LogP contribution is 2.41. The molecule has 1 heterocycles. The van der Waals surface area contributed by atoms with E-state index in [-0.39, 0.29) is 17.3 Å². The number of para-hydroxylation sites is 1. The predicted molar refractivity (Wildman–Crippen MR) is 94.1 cm³/mol. The van der Waals surface area contributed by atoms with Crippen LogP contribution in [0.2, 0.25) is 0 Å². The maximum Gasteiger partial charge on any atom is 0.418 e. The number of aromatic nitrogens is 1. The number of rotatable bonds is 5. The molecule has 0 bridgehead atoms. The Morgan fingerprint density at radius 1 is 1.00 bits per heavy atom. The normalized spacial score (nSPS) is 12.3.